The van der Waals surface area contributed by atoms with Gasteiger partial charge in [0.2, 0.25) is 0 Å². The Morgan fingerprint density at radius 1 is 1.29 bits per heavy atom. The van der Waals surface area contributed by atoms with Gasteiger partial charge in [0, 0.05) is 6.07 Å². The Morgan fingerprint density at radius 3 is 2.71 bits per heavy atom. The van der Waals surface area contributed by atoms with E-state index in [0.29, 0.717) is 5.69 Å². The predicted octanol–water partition coefficient (Wildman–Crippen LogP) is 2.31. The second-order valence-electron chi connectivity index (χ2n) is 4.38. The second kappa shape index (κ2) is 5.14. The minimum Gasteiger partial charge on any atom is -0.391 e. The van der Waals surface area contributed by atoms with Crippen molar-refractivity contribution in [1.29, 1.82) is 0 Å². The van der Waals surface area contributed by atoms with Crippen LogP contribution in [0.5, 0.6) is 0 Å². The zero-order valence-electron chi connectivity index (χ0n) is 9.50. The number of nitrogens with zero attached hydrogens (tertiary/aromatic N) is 1. The number of hydrogen-bond donors (Lipinski definition) is 2. The van der Waals surface area contributed by atoms with Crippen molar-refractivity contribution in [3.8, 4) is 0 Å². The molecule has 0 aromatic heterocycles. The highest BCUT2D eigenvalue weighted by Crippen LogP contribution is 2.28. The molecule has 1 fully saturated rings. The summed E-state index contributed by atoms with van der Waals surface area (Å²) in [7, 11) is 0. The lowest BCUT2D eigenvalue weighted by molar-refractivity contribution is -0.384. The molecule has 0 bridgehead atoms. The van der Waals surface area contributed by atoms with E-state index < -0.39 is 11.0 Å². The molecule has 5 heteroatoms. The number of benzene rings is 1. The molecule has 0 heterocycles. The van der Waals surface area contributed by atoms with E-state index in [1.165, 1.54) is 6.07 Å². The van der Waals surface area contributed by atoms with Crippen molar-refractivity contribution in [2.24, 2.45) is 0 Å². The molecule has 0 amide bonds. The van der Waals surface area contributed by atoms with Gasteiger partial charge in [0.15, 0.2) is 0 Å². The van der Waals surface area contributed by atoms with E-state index in [-0.39, 0.29) is 11.7 Å². The Hall–Kier alpha value is -1.62. The van der Waals surface area contributed by atoms with E-state index in [0.717, 1.165) is 25.7 Å². The molecule has 2 rings (SSSR count). The number of anilines is 1. The van der Waals surface area contributed by atoms with Crippen LogP contribution in [0.1, 0.15) is 25.7 Å². The van der Waals surface area contributed by atoms with Gasteiger partial charge in [-0.2, -0.15) is 0 Å². The average Bonchev–Trinajstić information content (AvgIpc) is 2.32. The first-order valence-corrected chi connectivity index (χ1v) is 5.86. The number of nitro benzene ring substituents is 1. The van der Waals surface area contributed by atoms with Gasteiger partial charge < -0.3 is 10.4 Å². The molecular weight excluding hydrogens is 220 g/mol. The van der Waals surface area contributed by atoms with Crippen molar-refractivity contribution in [3.05, 3.63) is 34.4 Å². The van der Waals surface area contributed by atoms with Gasteiger partial charge in [-0.3, -0.25) is 10.1 Å². The van der Waals surface area contributed by atoms with Crippen molar-refractivity contribution >= 4 is 11.4 Å². The number of nitrogens with one attached hydrogen (secondary N) is 1. The molecule has 5 nitrogen and oxygen atoms in total. The highest BCUT2D eigenvalue weighted by Gasteiger charge is 2.24. The van der Waals surface area contributed by atoms with Crippen molar-refractivity contribution in [2.75, 3.05) is 5.32 Å². The fourth-order valence-corrected chi connectivity index (χ4v) is 2.23. The highest BCUT2D eigenvalue weighted by molar-refractivity contribution is 5.61. The quantitative estimate of drug-likeness (QED) is 0.623. The standard InChI is InChI=1S/C12H16N2O3/c15-12-8-4-2-6-10(12)13-9-5-1-3-7-11(9)14(16)17/h1,3,5,7,10,12-13,15H,2,4,6,8H2. The van der Waals surface area contributed by atoms with Gasteiger partial charge in [-0.1, -0.05) is 25.0 Å². The molecule has 1 aromatic rings. The van der Waals surface area contributed by atoms with Crippen LogP contribution in [-0.4, -0.2) is 22.2 Å². The highest BCUT2D eigenvalue weighted by atomic mass is 16.6. The maximum absolute atomic E-state index is 10.8. The van der Waals surface area contributed by atoms with Crippen LogP contribution in [0.15, 0.2) is 24.3 Å². The zero-order chi connectivity index (χ0) is 12.3. The molecule has 0 spiro atoms. The van der Waals surface area contributed by atoms with Gasteiger partial charge >= 0.3 is 0 Å². The largest absolute Gasteiger partial charge is 0.391 e. The number of aliphatic hydroxyl groups is 1. The van der Waals surface area contributed by atoms with Crippen LogP contribution in [0, 0.1) is 10.1 Å². The van der Waals surface area contributed by atoms with Crippen molar-refractivity contribution in [1.82, 2.24) is 0 Å². The van der Waals surface area contributed by atoms with Gasteiger partial charge in [-0.25, -0.2) is 0 Å². The lowest BCUT2D eigenvalue weighted by atomic mass is 9.92. The van der Waals surface area contributed by atoms with Crippen LogP contribution in [0.4, 0.5) is 11.4 Å². The van der Waals surface area contributed by atoms with E-state index in [9.17, 15) is 15.2 Å². The van der Waals surface area contributed by atoms with Crippen LogP contribution < -0.4 is 5.32 Å². The molecule has 1 aliphatic carbocycles. The third-order valence-corrected chi connectivity index (χ3v) is 3.17. The van der Waals surface area contributed by atoms with Crippen LogP contribution in [0.2, 0.25) is 0 Å². The number of aliphatic hydroxyl groups excluding tert-OH is 1. The van der Waals surface area contributed by atoms with Gasteiger partial charge in [0.1, 0.15) is 5.69 Å². The molecule has 0 aliphatic heterocycles. The molecule has 2 N–H and O–H groups in total. The summed E-state index contributed by atoms with van der Waals surface area (Å²) in [6.07, 6.45) is 3.28. The van der Waals surface area contributed by atoms with Gasteiger partial charge in [0.25, 0.3) is 5.69 Å². The fourth-order valence-electron chi connectivity index (χ4n) is 2.23. The summed E-state index contributed by atoms with van der Waals surface area (Å²) < 4.78 is 0. The first kappa shape index (κ1) is 11.9. The lowest BCUT2D eigenvalue weighted by Gasteiger charge is -2.28. The summed E-state index contributed by atoms with van der Waals surface area (Å²) in [5.74, 6) is 0. The minimum absolute atomic E-state index is 0.0604. The van der Waals surface area contributed by atoms with E-state index in [1.807, 2.05) is 0 Å². The van der Waals surface area contributed by atoms with E-state index >= 15 is 0 Å². The SMILES string of the molecule is O=[N+]([O-])c1ccccc1NC1CCCCC1O. The number of nitro groups is 1. The summed E-state index contributed by atoms with van der Waals surface area (Å²) in [4.78, 5) is 10.4. The molecule has 1 aromatic carbocycles. The summed E-state index contributed by atoms with van der Waals surface area (Å²) in [5, 5.41) is 23.8. The smallest absolute Gasteiger partial charge is 0.292 e. The van der Waals surface area contributed by atoms with E-state index in [4.69, 9.17) is 0 Å². The predicted molar refractivity (Wildman–Crippen MR) is 65.0 cm³/mol. The molecule has 17 heavy (non-hydrogen) atoms. The zero-order valence-corrected chi connectivity index (χ0v) is 9.50. The van der Waals surface area contributed by atoms with Crippen LogP contribution in [0.3, 0.4) is 0 Å². The third kappa shape index (κ3) is 2.74. The second-order valence-corrected chi connectivity index (χ2v) is 4.38. The Morgan fingerprint density at radius 2 is 2.00 bits per heavy atom. The van der Waals surface area contributed by atoms with Crippen molar-refractivity contribution in [2.45, 2.75) is 37.8 Å². The van der Waals surface area contributed by atoms with Gasteiger partial charge in [-0.05, 0) is 18.9 Å². The summed E-state index contributed by atoms with van der Waals surface area (Å²) in [5.41, 5.74) is 0.550. The monoisotopic (exact) mass is 236 g/mol. The van der Waals surface area contributed by atoms with Gasteiger partial charge in [0.05, 0.1) is 17.1 Å². The molecule has 0 saturated heterocycles. The Balaban J connectivity index is 2.14. The molecule has 1 aliphatic rings. The number of rotatable bonds is 3. The minimum atomic E-state index is -0.413. The first-order chi connectivity index (χ1) is 8.18. The Kier molecular flexibility index (Phi) is 3.58. The summed E-state index contributed by atoms with van der Waals surface area (Å²) in [6, 6.07) is 6.46. The molecule has 92 valence electrons. The third-order valence-electron chi connectivity index (χ3n) is 3.17. The fraction of sp³-hybridized carbons (Fsp3) is 0.500. The average molecular weight is 236 g/mol. The first-order valence-electron chi connectivity index (χ1n) is 5.86. The van der Waals surface area contributed by atoms with E-state index in [1.54, 1.807) is 18.2 Å². The molecule has 2 unspecified atom stereocenters. The van der Waals surface area contributed by atoms with Crippen LogP contribution in [-0.2, 0) is 0 Å². The van der Waals surface area contributed by atoms with Crippen LogP contribution in [0.25, 0.3) is 0 Å². The summed E-state index contributed by atoms with van der Waals surface area (Å²) >= 11 is 0. The molecular formula is C12H16N2O3. The normalized spacial score (nSPS) is 24.3. The molecule has 0 radical (unpaired) electrons. The van der Waals surface area contributed by atoms with Crippen molar-refractivity contribution < 1.29 is 10.0 Å². The summed E-state index contributed by atoms with van der Waals surface area (Å²) in [6.45, 7) is 0. The number of para-hydroxylation sites is 2. The lowest BCUT2D eigenvalue weighted by Crippen LogP contribution is -2.36. The Labute approximate surface area is 99.6 Å². The van der Waals surface area contributed by atoms with Crippen molar-refractivity contribution in [3.63, 3.8) is 0 Å². The van der Waals surface area contributed by atoms with Crippen LogP contribution >= 0.6 is 0 Å². The molecule has 1 saturated carbocycles. The van der Waals surface area contributed by atoms with Gasteiger partial charge in [-0.15, -0.1) is 0 Å². The maximum atomic E-state index is 10.8. The topological polar surface area (TPSA) is 75.4 Å². The maximum Gasteiger partial charge on any atom is 0.292 e. The van der Waals surface area contributed by atoms with E-state index in [2.05, 4.69) is 5.32 Å². The number of hydrogen-bond acceptors (Lipinski definition) is 4. The molecule has 2 atom stereocenters. The Bertz CT molecular complexity index is 408.